The van der Waals surface area contributed by atoms with Crippen LogP contribution in [0.15, 0.2) is 84.9 Å². The summed E-state index contributed by atoms with van der Waals surface area (Å²) < 4.78 is 0. The van der Waals surface area contributed by atoms with E-state index in [1.54, 1.807) is 0 Å². The van der Waals surface area contributed by atoms with E-state index in [9.17, 15) is 4.79 Å². The van der Waals surface area contributed by atoms with Crippen LogP contribution in [-0.4, -0.2) is 13.5 Å². The number of aryl methyl sites for hydroxylation is 1. The quantitative estimate of drug-likeness (QED) is 0.613. The number of hydrogen-bond donors (Lipinski definition) is 0. The number of hydrogen-bond acceptors (Lipinski definition) is 1. The molecule has 0 bridgehead atoms. The van der Waals surface area contributed by atoms with Crippen molar-refractivity contribution in [1.29, 1.82) is 0 Å². The number of carbonyl (C=O) groups excluding carboxylic acids is 1. The highest BCUT2D eigenvalue weighted by Crippen LogP contribution is 2.38. The Morgan fingerprint density at radius 3 is 1.65 bits per heavy atom. The van der Waals surface area contributed by atoms with E-state index in [0.717, 1.165) is 11.1 Å². The van der Waals surface area contributed by atoms with Gasteiger partial charge in [0.15, 0.2) is 5.41 Å². The highest BCUT2D eigenvalue weighted by molar-refractivity contribution is 7.25. The largest absolute Gasteiger partial charge is 0.299 e. The van der Waals surface area contributed by atoms with Crippen molar-refractivity contribution in [3.8, 4) is 0 Å². The molecule has 0 aromatic heterocycles. The van der Waals surface area contributed by atoms with Gasteiger partial charge in [-0.25, -0.2) is 0 Å². The van der Waals surface area contributed by atoms with E-state index < -0.39 is 8.07 Å². The van der Waals surface area contributed by atoms with Gasteiger partial charge >= 0.3 is 0 Å². The lowest BCUT2D eigenvalue weighted by Gasteiger charge is -2.42. The average molecular weight is 359 g/mol. The standard InChI is InChI=1S/C24H26OSi/c1-19-12-11-13-20(18-19)23(25)26(24(2,3)4,21-14-7-5-8-15-21)22-16-9-6-10-17-22/h5-18H,1-4H3. The van der Waals surface area contributed by atoms with Crippen molar-refractivity contribution in [2.45, 2.75) is 32.7 Å². The van der Waals surface area contributed by atoms with Crippen LogP contribution in [0.25, 0.3) is 0 Å². The molecule has 132 valence electrons. The minimum Gasteiger partial charge on any atom is -0.299 e. The van der Waals surface area contributed by atoms with Crippen LogP contribution in [0.3, 0.4) is 0 Å². The van der Waals surface area contributed by atoms with Gasteiger partial charge in [0.1, 0.15) is 0 Å². The maximum atomic E-state index is 14.1. The molecule has 1 nitrogen and oxygen atoms in total. The third kappa shape index (κ3) is 3.06. The van der Waals surface area contributed by atoms with E-state index in [4.69, 9.17) is 0 Å². The first-order chi connectivity index (χ1) is 12.4. The summed E-state index contributed by atoms with van der Waals surface area (Å²) in [4.78, 5) is 14.1. The van der Waals surface area contributed by atoms with Gasteiger partial charge in [-0.05, 0) is 28.4 Å². The molecular formula is C24H26OSi. The van der Waals surface area contributed by atoms with E-state index in [2.05, 4.69) is 69.3 Å². The van der Waals surface area contributed by atoms with E-state index in [1.807, 2.05) is 43.3 Å². The third-order valence-electron chi connectivity index (χ3n) is 5.16. The van der Waals surface area contributed by atoms with E-state index >= 15 is 0 Å². The molecule has 0 unspecified atom stereocenters. The minimum absolute atomic E-state index is 0.170. The lowest BCUT2D eigenvalue weighted by Crippen LogP contribution is -2.70. The smallest absolute Gasteiger partial charge is 0.205 e. The molecule has 0 fully saturated rings. The molecule has 0 saturated heterocycles. The zero-order valence-electron chi connectivity index (χ0n) is 16.0. The molecule has 0 saturated carbocycles. The first-order valence-corrected chi connectivity index (χ1v) is 11.1. The Kier molecular flexibility index (Phi) is 4.97. The molecule has 2 heteroatoms. The Hall–Kier alpha value is -2.45. The summed E-state index contributed by atoms with van der Waals surface area (Å²) in [5.41, 5.74) is 1.94. The van der Waals surface area contributed by atoms with Gasteiger partial charge in [-0.2, -0.15) is 0 Å². The van der Waals surface area contributed by atoms with Gasteiger partial charge in [-0.1, -0.05) is 105 Å². The van der Waals surface area contributed by atoms with Crippen molar-refractivity contribution in [2.75, 3.05) is 0 Å². The predicted octanol–water partition coefficient (Wildman–Crippen LogP) is 4.78. The fraction of sp³-hybridized carbons (Fsp3) is 0.208. The summed E-state index contributed by atoms with van der Waals surface area (Å²) in [6, 6.07) is 28.8. The zero-order chi connectivity index (χ0) is 18.8. The van der Waals surface area contributed by atoms with Crippen molar-refractivity contribution < 1.29 is 4.79 Å². The normalized spacial score (nSPS) is 12.0. The van der Waals surface area contributed by atoms with Crippen LogP contribution in [0, 0.1) is 6.92 Å². The van der Waals surface area contributed by atoms with Crippen LogP contribution in [0.2, 0.25) is 5.04 Å². The van der Waals surface area contributed by atoms with Crippen LogP contribution in [-0.2, 0) is 0 Å². The summed E-state index contributed by atoms with van der Waals surface area (Å²) in [5, 5.41) is 2.46. The van der Waals surface area contributed by atoms with Crippen LogP contribution in [0.5, 0.6) is 0 Å². The van der Waals surface area contributed by atoms with E-state index in [-0.39, 0.29) is 10.4 Å². The molecule has 3 aromatic rings. The van der Waals surface area contributed by atoms with Crippen LogP contribution < -0.4 is 10.4 Å². The van der Waals surface area contributed by atoms with Crippen molar-refractivity contribution in [3.05, 3.63) is 96.1 Å². The first kappa shape index (κ1) is 18.3. The van der Waals surface area contributed by atoms with Crippen molar-refractivity contribution in [2.24, 2.45) is 0 Å². The first-order valence-electron chi connectivity index (χ1n) is 9.10. The van der Waals surface area contributed by atoms with Gasteiger partial charge in [0, 0.05) is 5.56 Å². The molecule has 0 amide bonds. The Bertz CT molecular complexity index is 853. The number of carbonyl (C=O) groups is 1. The molecule has 0 spiro atoms. The Balaban J connectivity index is 2.36. The fourth-order valence-electron chi connectivity index (χ4n) is 4.01. The molecule has 26 heavy (non-hydrogen) atoms. The van der Waals surface area contributed by atoms with Gasteiger partial charge in [0.05, 0.1) is 0 Å². The summed E-state index contributed by atoms with van der Waals surface area (Å²) in [7, 11) is -2.76. The number of benzene rings is 3. The Labute approximate surface area is 157 Å². The molecule has 0 heterocycles. The second-order valence-corrected chi connectivity index (χ2v) is 12.5. The molecule has 3 aromatic carbocycles. The second kappa shape index (κ2) is 7.04. The molecule has 0 aliphatic heterocycles. The molecule has 0 radical (unpaired) electrons. The summed E-state index contributed by atoms with van der Waals surface area (Å²) in [6.07, 6.45) is 0. The molecule has 0 aliphatic carbocycles. The van der Waals surface area contributed by atoms with Crippen LogP contribution in [0.4, 0.5) is 0 Å². The highest BCUT2D eigenvalue weighted by Gasteiger charge is 2.54. The van der Waals surface area contributed by atoms with Gasteiger partial charge in [0.25, 0.3) is 0 Å². The minimum atomic E-state index is -2.76. The lowest BCUT2D eigenvalue weighted by molar-refractivity contribution is 0.106. The van der Waals surface area contributed by atoms with Gasteiger partial charge in [0.2, 0.25) is 8.07 Å². The predicted molar refractivity (Wildman–Crippen MR) is 113 cm³/mol. The molecule has 0 N–H and O–H groups in total. The van der Waals surface area contributed by atoms with Crippen molar-refractivity contribution >= 4 is 23.9 Å². The zero-order valence-corrected chi connectivity index (χ0v) is 17.0. The number of rotatable bonds is 4. The van der Waals surface area contributed by atoms with Gasteiger partial charge in [-0.3, -0.25) is 4.79 Å². The maximum Gasteiger partial charge on any atom is 0.205 e. The Morgan fingerprint density at radius 2 is 1.23 bits per heavy atom. The highest BCUT2D eigenvalue weighted by atomic mass is 28.3. The lowest BCUT2D eigenvalue weighted by atomic mass is 10.1. The van der Waals surface area contributed by atoms with Crippen molar-refractivity contribution in [3.63, 3.8) is 0 Å². The van der Waals surface area contributed by atoms with Crippen molar-refractivity contribution in [1.82, 2.24) is 0 Å². The van der Waals surface area contributed by atoms with Gasteiger partial charge < -0.3 is 0 Å². The van der Waals surface area contributed by atoms with Crippen LogP contribution in [0.1, 0.15) is 36.7 Å². The SMILES string of the molecule is Cc1cccc(C(=O)[Si](c2ccccc2)(c2ccccc2)C(C)(C)C)c1. The Morgan fingerprint density at radius 1 is 0.731 bits per heavy atom. The molecular weight excluding hydrogens is 332 g/mol. The fourth-order valence-corrected chi connectivity index (χ4v) is 9.26. The molecule has 0 atom stereocenters. The molecule has 3 rings (SSSR count). The monoisotopic (exact) mass is 358 g/mol. The van der Waals surface area contributed by atoms with E-state index in [1.165, 1.54) is 10.4 Å². The summed E-state index contributed by atoms with van der Waals surface area (Å²) in [5.74, 6) is 0. The van der Waals surface area contributed by atoms with Gasteiger partial charge in [-0.15, -0.1) is 0 Å². The molecule has 0 aliphatic rings. The van der Waals surface area contributed by atoms with Crippen LogP contribution >= 0.6 is 0 Å². The summed E-state index contributed by atoms with van der Waals surface area (Å²) in [6.45, 7) is 8.69. The third-order valence-corrected chi connectivity index (χ3v) is 10.8. The average Bonchev–Trinajstić information content (AvgIpc) is 2.63. The maximum absolute atomic E-state index is 14.1. The van der Waals surface area contributed by atoms with E-state index in [0.29, 0.717) is 0 Å². The second-order valence-electron chi connectivity index (χ2n) is 7.93. The summed E-state index contributed by atoms with van der Waals surface area (Å²) >= 11 is 0. The topological polar surface area (TPSA) is 17.1 Å².